The number of halogens is 4. The summed E-state index contributed by atoms with van der Waals surface area (Å²) in [6.07, 6.45) is 12.8. The molecule has 4 N–H and O–H groups in total. The van der Waals surface area contributed by atoms with E-state index in [0.717, 1.165) is 180 Å². The number of pyridine rings is 4. The molecule has 806 valence electrons. The van der Waals surface area contributed by atoms with Gasteiger partial charge in [0.2, 0.25) is 47.3 Å². The number of anilines is 4. The van der Waals surface area contributed by atoms with Gasteiger partial charge in [-0.1, -0.05) is 115 Å². The summed E-state index contributed by atoms with van der Waals surface area (Å²) in [5, 5.41) is 14.1. The van der Waals surface area contributed by atoms with Gasteiger partial charge in [0.1, 0.15) is 23.1 Å². The van der Waals surface area contributed by atoms with Gasteiger partial charge in [-0.3, -0.25) is 77.9 Å². The van der Waals surface area contributed by atoms with Crippen molar-refractivity contribution in [3.63, 3.8) is 0 Å². The molecule has 13 atom stereocenters. The summed E-state index contributed by atoms with van der Waals surface area (Å²) in [6.45, 7) is 58.8. The summed E-state index contributed by atoms with van der Waals surface area (Å²) in [7, 11) is 0. The molecule has 8 fully saturated rings. The first-order valence-corrected chi connectivity index (χ1v) is 54.6. The molecule has 12 aliphatic heterocycles. The number of nitrogens with zero attached hydrogens (tertiary/aromatic N) is 16. The molecule has 0 saturated carbocycles. The minimum absolute atomic E-state index is 0.0187. The lowest BCUT2D eigenvalue weighted by atomic mass is 9.87. The van der Waals surface area contributed by atoms with Crippen LogP contribution in [0.25, 0.3) is 0 Å². The first-order chi connectivity index (χ1) is 70.4. The van der Waals surface area contributed by atoms with Crippen molar-refractivity contribution in [3.8, 4) is 0 Å². The van der Waals surface area contributed by atoms with Crippen LogP contribution in [-0.2, 0) is 84.9 Å². The fourth-order valence-corrected chi connectivity index (χ4v) is 24.6. The fourth-order valence-electron chi connectivity index (χ4n) is 24.6. The van der Waals surface area contributed by atoms with Crippen LogP contribution in [0.3, 0.4) is 0 Å². The van der Waals surface area contributed by atoms with E-state index in [1.54, 1.807) is 37.4 Å². The van der Waals surface area contributed by atoms with E-state index in [-0.39, 0.29) is 141 Å². The van der Waals surface area contributed by atoms with Crippen LogP contribution in [0.15, 0.2) is 104 Å². The van der Waals surface area contributed by atoms with Crippen LogP contribution in [0.2, 0.25) is 0 Å². The Bertz CT molecular complexity index is 5650. The summed E-state index contributed by atoms with van der Waals surface area (Å²) in [6, 6.07) is 24.0. The van der Waals surface area contributed by atoms with Gasteiger partial charge in [0, 0.05) is 292 Å². The second-order valence-corrected chi connectivity index (χ2v) is 48.8. The summed E-state index contributed by atoms with van der Waals surface area (Å²) >= 11 is 0. The van der Waals surface area contributed by atoms with Gasteiger partial charge in [0.25, 0.3) is 0 Å². The zero-order valence-electron chi connectivity index (χ0n) is 92.0. The van der Waals surface area contributed by atoms with Gasteiger partial charge in [0.05, 0.1) is 60.3 Å². The van der Waals surface area contributed by atoms with Gasteiger partial charge in [-0.2, -0.15) is 0 Å². The Morgan fingerprint density at radius 2 is 0.671 bits per heavy atom. The number of carbonyl (C=O) groups is 8. The zero-order valence-corrected chi connectivity index (χ0v) is 92.0. The average molecular weight is 2050 g/mol. The Labute approximate surface area is 880 Å². The second kappa shape index (κ2) is 45.8. The highest BCUT2D eigenvalue weighted by Crippen LogP contribution is 2.47. The highest BCUT2D eigenvalue weighted by Gasteiger charge is 2.49. The number of piperazine rings is 4. The largest absolute Gasteiger partial charge is 0.341 e. The molecule has 16 heterocycles. The van der Waals surface area contributed by atoms with E-state index >= 15 is 4.39 Å². The molecule has 0 radical (unpaired) electrons. The molecule has 0 aliphatic carbocycles. The third kappa shape index (κ3) is 26.2. The lowest BCUT2D eigenvalue weighted by molar-refractivity contribution is -0.129. The van der Waals surface area contributed by atoms with E-state index in [1.165, 1.54) is 18.2 Å². The number of aromatic nitrogens is 4. The van der Waals surface area contributed by atoms with Gasteiger partial charge in [-0.15, -0.1) is 0 Å². The average Bonchev–Trinajstić information content (AvgIpc) is 1.61. The van der Waals surface area contributed by atoms with Crippen LogP contribution in [0, 0.1) is 61.9 Å². The maximum Gasteiger partial charge on any atom is 0.241 e. The Hall–Kier alpha value is -10.6. The molecule has 0 spiro atoms. The normalized spacial score (nSPS) is 25.9. The van der Waals surface area contributed by atoms with E-state index < -0.39 is 5.67 Å². The van der Waals surface area contributed by atoms with Gasteiger partial charge in [-0.25, -0.2) is 17.6 Å². The smallest absolute Gasteiger partial charge is 0.241 e. The molecule has 8 saturated heterocycles. The molecule has 12 aliphatic rings. The molecule has 4 aromatic heterocycles. The number of likely N-dealkylation sites (tertiary alicyclic amines) is 4. The summed E-state index contributed by atoms with van der Waals surface area (Å²) in [5.41, 5.74) is 14.1. The van der Waals surface area contributed by atoms with E-state index in [4.69, 9.17) is 15.0 Å². The number of fused-ring (bicyclic) bond motifs is 4. The summed E-state index contributed by atoms with van der Waals surface area (Å²) < 4.78 is 56.1. The number of nitrogens with one attached hydrogen (secondary N) is 4. The predicted molar refractivity (Wildman–Crippen MR) is 576 cm³/mol. The molecule has 1 unspecified atom stereocenters. The maximum atomic E-state index is 15.3. The van der Waals surface area contributed by atoms with E-state index in [1.807, 2.05) is 116 Å². The summed E-state index contributed by atoms with van der Waals surface area (Å²) in [5.74, 6) is 1.92. The number of amides is 8. The maximum absolute atomic E-state index is 15.3. The topological polar surface area (TPSA) is 275 Å². The van der Waals surface area contributed by atoms with Gasteiger partial charge < -0.3 is 60.5 Å². The van der Waals surface area contributed by atoms with Crippen molar-refractivity contribution < 1.29 is 55.9 Å². The standard InChI is InChI=1S/3C30H40FN5O2.C27H42FN5O2/c1-19-8-27(37)35(14-19)16-25-13-32-21(3)15-34(25)17-28(38)36-18-30(4,5)29-26(36)11-22(12-33-29)10-23-6-7-24(31)9-20(23)2;2*1-19-8-28(37)35(14-19)16-25-12-32-21(3)15-34(25)17-29(38)36-18-30(4,5)26-13-33-24(11-27(26)36)10-22-6-7-23(31)9-20(22)2;1-7-8-27(6,28)23-10-22-21(12-30-23)26(4,5)17-33(22)25(35)16-31-14-19(3)29-11-20(31)15-32-13-18(2)9-24(32)34/h6-7,9,11-12,19,21,25,32H,8,10,13-18H2,1-5H3;2*6-7,9,11,13,19,21,25,32H,8,10,12,14-18H2,1-5H3;10,12,18-20,29H,7-9,11,13-17H2,1-6H3/t2*19-,21+,25+;19-,21-,25-;18-,19-,20-,27?/m0011/s1. The van der Waals surface area contributed by atoms with Gasteiger partial charge in [0.15, 0.2) is 0 Å². The number of aryl methyl sites for hydroxylation is 3. The Balaban J connectivity index is 0.000000142. The van der Waals surface area contributed by atoms with E-state index in [2.05, 4.69) is 163 Å². The monoisotopic (exact) mass is 2050 g/mol. The molecule has 7 aromatic rings. The van der Waals surface area contributed by atoms with Crippen molar-refractivity contribution in [2.24, 2.45) is 23.7 Å². The lowest BCUT2D eigenvalue weighted by Crippen LogP contribution is -2.61. The Kier molecular flexibility index (Phi) is 34.1. The molecular weight excluding hydrogens is 1890 g/mol. The molecule has 28 nitrogen and oxygen atoms in total. The molecule has 3 aromatic carbocycles. The van der Waals surface area contributed by atoms with Gasteiger partial charge in [-0.05, 0) is 192 Å². The first-order valence-electron chi connectivity index (χ1n) is 54.6. The molecule has 32 heteroatoms. The zero-order chi connectivity index (χ0) is 107. The van der Waals surface area contributed by atoms with Crippen LogP contribution >= 0.6 is 0 Å². The number of hydrogen-bond acceptors (Lipinski definition) is 20. The summed E-state index contributed by atoms with van der Waals surface area (Å²) in [4.78, 5) is 148. The SMILES string of the molecule is CCCC(C)(F)c1cc2c(cn1)C(C)(C)CN2C(=O)CN1C[C@@H](C)NC[C@@H]1CN1C[C@H](C)CC1=O.Cc1cc(F)ccc1Cc1cc2c(cn1)C(C)(C)CN2C(=O)CN1C[C@@H](C)NC[C@@H]1CN1C[C@@H](C)CC1=O.Cc1cc(F)ccc1Cc1cc2c(cn1)C(C)(C)CN2C(=O)CN1C[C@@H](C)NC[C@@H]1CN1C[C@H](C)CC1=O.Cc1cc(F)ccc1Cc1cnc2c(c1)N(C(=O)CN1C[C@@H](C)NC[C@@H]1CN1C[C@@H](C)CC1=O)CC2(C)C. The molecular formula is C117H162F4N20O8. The third-order valence-electron chi connectivity index (χ3n) is 33.0. The number of benzene rings is 3. The molecule has 149 heavy (non-hydrogen) atoms. The van der Waals surface area contributed by atoms with E-state index in [9.17, 15) is 51.5 Å². The van der Waals surface area contributed by atoms with Crippen molar-refractivity contribution in [2.75, 3.05) is 177 Å². The van der Waals surface area contributed by atoms with Crippen molar-refractivity contribution >= 4 is 70.0 Å². The van der Waals surface area contributed by atoms with E-state index in [0.29, 0.717) is 153 Å². The number of alkyl halides is 1. The highest BCUT2D eigenvalue weighted by atomic mass is 19.1. The number of carbonyl (C=O) groups excluding carboxylic acids is 8. The number of hydrogen-bond donors (Lipinski definition) is 4. The minimum Gasteiger partial charge on any atom is -0.341 e. The lowest BCUT2D eigenvalue weighted by Gasteiger charge is -2.41. The van der Waals surface area contributed by atoms with Crippen LogP contribution in [0.1, 0.15) is 242 Å². The third-order valence-corrected chi connectivity index (χ3v) is 33.0. The fraction of sp³-hybridized carbons (Fsp3) is 0.607. The van der Waals surface area contributed by atoms with Crippen molar-refractivity contribution in [2.45, 2.75) is 279 Å². The Morgan fingerprint density at radius 3 is 0.973 bits per heavy atom. The number of rotatable bonds is 25. The molecule has 0 bridgehead atoms. The first kappa shape index (κ1) is 111. The molecule has 19 rings (SSSR count). The quantitative estimate of drug-likeness (QED) is 0.0387. The van der Waals surface area contributed by atoms with Crippen LogP contribution in [0.5, 0.6) is 0 Å². The minimum atomic E-state index is -1.52. The van der Waals surface area contributed by atoms with Crippen LogP contribution in [-0.4, -0.2) is 312 Å². The predicted octanol–water partition coefficient (Wildman–Crippen LogP) is 13.0. The van der Waals surface area contributed by atoms with Crippen molar-refractivity contribution in [3.05, 3.63) is 200 Å². The van der Waals surface area contributed by atoms with Crippen molar-refractivity contribution in [1.29, 1.82) is 0 Å². The Morgan fingerprint density at radius 1 is 0.376 bits per heavy atom. The van der Waals surface area contributed by atoms with Crippen LogP contribution in [0.4, 0.5) is 40.3 Å². The highest BCUT2D eigenvalue weighted by molar-refractivity contribution is 6.00. The van der Waals surface area contributed by atoms with Crippen molar-refractivity contribution in [1.82, 2.24) is 80.4 Å². The second-order valence-electron chi connectivity index (χ2n) is 48.8. The van der Waals surface area contributed by atoms with Crippen LogP contribution < -0.4 is 40.9 Å². The van der Waals surface area contributed by atoms with Gasteiger partial charge >= 0.3 is 0 Å². The molecule has 8 amide bonds.